The highest BCUT2D eigenvalue weighted by Crippen LogP contribution is 2.19. The smallest absolute Gasteiger partial charge is 0.261 e. The number of fused-ring (bicyclic) bond motifs is 1. The van der Waals surface area contributed by atoms with E-state index in [1.54, 1.807) is 7.05 Å². The van der Waals surface area contributed by atoms with Gasteiger partial charge in [-0.15, -0.1) is 0 Å². The summed E-state index contributed by atoms with van der Waals surface area (Å²) in [6, 6.07) is 5.94. The molecule has 0 radical (unpaired) electrons. The largest absolute Gasteiger partial charge is 0.337 e. The lowest BCUT2D eigenvalue weighted by Gasteiger charge is -2.30. The highest BCUT2D eigenvalue weighted by Gasteiger charge is 2.21. The minimum atomic E-state index is -0.0803. The van der Waals surface area contributed by atoms with Crippen LogP contribution in [-0.2, 0) is 11.8 Å². The number of carbonyl (C=O) groups is 1. The summed E-state index contributed by atoms with van der Waals surface area (Å²) >= 11 is 1.31. The minimum absolute atomic E-state index is 0.0586. The maximum atomic E-state index is 12.5. The van der Waals surface area contributed by atoms with Gasteiger partial charge in [0, 0.05) is 19.1 Å². The molecule has 0 N–H and O–H groups in total. The molecule has 1 amide bonds. The van der Waals surface area contributed by atoms with Gasteiger partial charge in [-0.1, -0.05) is 23.4 Å². The molecule has 2 rings (SSSR count). The number of carbonyl (C=O) groups excluding carboxylic acids is 1. The number of benzene rings is 1. The maximum absolute atomic E-state index is 12.5. The Morgan fingerprint density at radius 1 is 1.25 bits per heavy atom. The fraction of sp³-hybridized carbons (Fsp3) is 0.500. The molecule has 0 saturated heterocycles. The lowest BCUT2D eigenvalue weighted by molar-refractivity contribution is -0.131. The predicted molar refractivity (Wildman–Crippen MR) is 99.6 cm³/mol. The van der Waals surface area contributed by atoms with Crippen molar-refractivity contribution in [2.75, 3.05) is 5.75 Å². The van der Waals surface area contributed by atoms with Crippen molar-refractivity contribution in [1.82, 2.24) is 14.5 Å². The number of aryl methyl sites for hydroxylation is 1. The number of nitrogens with zero attached hydrogens (tertiary/aromatic N) is 3. The van der Waals surface area contributed by atoms with Crippen molar-refractivity contribution >= 4 is 28.6 Å². The number of rotatable bonds is 5. The van der Waals surface area contributed by atoms with Crippen molar-refractivity contribution in [2.24, 2.45) is 7.05 Å². The third-order valence-electron chi connectivity index (χ3n) is 3.92. The molecule has 1 aromatic heterocycles. The topological polar surface area (TPSA) is 55.2 Å². The van der Waals surface area contributed by atoms with Gasteiger partial charge in [-0.05, 0) is 46.8 Å². The first-order valence-corrected chi connectivity index (χ1v) is 9.12. The summed E-state index contributed by atoms with van der Waals surface area (Å²) in [5, 5.41) is 1.18. The van der Waals surface area contributed by atoms with Crippen molar-refractivity contribution < 1.29 is 4.79 Å². The normalized spacial score (nSPS) is 11.5. The molecule has 2 aromatic rings. The third-order valence-corrected chi connectivity index (χ3v) is 4.93. The zero-order chi connectivity index (χ0) is 18.0. The zero-order valence-corrected chi connectivity index (χ0v) is 16.0. The molecule has 1 heterocycles. The van der Waals surface area contributed by atoms with E-state index in [2.05, 4.69) is 4.98 Å². The van der Waals surface area contributed by atoms with Crippen LogP contribution in [0.3, 0.4) is 0 Å². The molecule has 0 saturated carbocycles. The molecule has 0 bridgehead atoms. The number of amides is 1. The van der Waals surface area contributed by atoms with Crippen molar-refractivity contribution in [2.45, 2.75) is 51.9 Å². The van der Waals surface area contributed by atoms with Crippen LogP contribution < -0.4 is 5.56 Å². The molecule has 0 fully saturated rings. The lowest BCUT2D eigenvalue weighted by Crippen LogP contribution is -2.43. The van der Waals surface area contributed by atoms with Crippen LogP contribution in [0.25, 0.3) is 10.9 Å². The van der Waals surface area contributed by atoms with Crippen LogP contribution in [0.5, 0.6) is 0 Å². The molecule has 0 aliphatic rings. The Balaban J connectivity index is 2.28. The summed E-state index contributed by atoms with van der Waals surface area (Å²) in [6.07, 6.45) is 0. The first-order chi connectivity index (χ1) is 11.2. The first kappa shape index (κ1) is 18.5. The summed E-state index contributed by atoms with van der Waals surface area (Å²) in [7, 11) is 1.70. The number of hydrogen-bond acceptors (Lipinski definition) is 4. The average Bonchev–Trinajstić information content (AvgIpc) is 2.49. The van der Waals surface area contributed by atoms with Crippen molar-refractivity contribution in [1.29, 1.82) is 0 Å². The van der Waals surface area contributed by atoms with Crippen LogP contribution in [0.15, 0.2) is 28.2 Å². The van der Waals surface area contributed by atoms with E-state index in [1.165, 1.54) is 16.3 Å². The Morgan fingerprint density at radius 2 is 1.88 bits per heavy atom. The van der Waals surface area contributed by atoms with Gasteiger partial charge < -0.3 is 4.90 Å². The third kappa shape index (κ3) is 3.80. The second-order valence-corrected chi connectivity index (χ2v) is 7.50. The van der Waals surface area contributed by atoms with E-state index in [1.807, 2.05) is 57.7 Å². The average molecular weight is 347 g/mol. The van der Waals surface area contributed by atoms with E-state index < -0.39 is 0 Å². The van der Waals surface area contributed by atoms with E-state index in [0.29, 0.717) is 16.1 Å². The molecular formula is C18H25N3O2S. The molecule has 0 atom stereocenters. The fourth-order valence-corrected chi connectivity index (χ4v) is 3.71. The second-order valence-electron chi connectivity index (χ2n) is 6.56. The van der Waals surface area contributed by atoms with Gasteiger partial charge in [0.1, 0.15) is 0 Å². The first-order valence-electron chi connectivity index (χ1n) is 8.13. The Hall–Kier alpha value is -1.82. The SMILES string of the molecule is Cc1ccc2nc(SCC(=O)N(C(C)C)C(C)C)n(C)c(=O)c2c1. The molecular weight excluding hydrogens is 322 g/mol. The van der Waals surface area contributed by atoms with Crippen LogP contribution in [0.2, 0.25) is 0 Å². The number of hydrogen-bond donors (Lipinski definition) is 0. The fourth-order valence-electron chi connectivity index (χ4n) is 2.87. The molecule has 130 valence electrons. The van der Waals surface area contributed by atoms with Crippen LogP contribution in [-0.4, -0.2) is 38.2 Å². The van der Waals surface area contributed by atoms with E-state index >= 15 is 0 Å². The van der Waals surface area contributed by atoms with Crippen LogP contribution in [0, 0.1) is 6.92 Å². The summed E-state index contributed by atoms with van der Waals surface area (Å²) in [6.45, 7) is 9.99. The Bertz CT molecular complexity index is 804. The van der Waals surface area contributed by atoms with Crippen LogP contribution >= 0.6 is 11.8 Å². The van der Waals surface area contributed by atoms with Crippen molar-refractivity contribution in [3.05, 3.63) is 34.1 Å². The number of thioether (sulfide) groups is 1. The quantitative estimate of drug-likeness (QED) is 0.616. The van der Waals surface area contributed by atoms with Gasteiger partial charge in [0.05, 0.1) is 16.7 Å². The Kier molecular flexibility index (Phi) is 5.70. The van der Waals surface area contributed by atoms with Crippen molar-refractivity contribution in [3.63, 3.8) is 0 Å². The van der Waals surface area contributed by atoms with Gasteiger partial charge >= 0.3 is 0 Å². The highest BCUT2D eigenvalue weighted by atomic mass is 32.2. The van der Waals surface area contributed by atoms with E-state index in [-0.39, 0.29) is 29.3 Å². The molecule has 6 heteroatoms. The Labute approximate surface area is 147 Å². The molecule has 5 nitrogen and oxygen atoms in total. The zero-order valence-electron chi connectivity index (χ0n) is 15.2. The summed E-state index contributed by atoms with van der Waals surface area (Å²) in [5.74, 6) is 0.330. The van der Waals surface area contributed by atoms with E-state index in [4.69, 9.17) is 0 Å². The highest BCUT2D eigenvalue weighted by molar-refractivity contribution is 7.99. The second kappa shape index (κ2) is 7.38. The molecule has 1 aromatic carbocycles. The maximum Gasteiger partial charge on any atom is 0.261 e. The summed E-state index contributed by atoms with van der Waals surface area (Å²) in [4.78, 5) is 31.4. The van der Waals surface area contributed by atoms with Crippen molar-refractivity contribution in [3.8, 4) is 0 Å². The van der Waals surface area contributed by atoms with E-state index in [9.17, 15) is 9.59 Å². The standard InChI is InChI=1S/C18H25N3O2S/c1-11(2)21(12(3)4)16(22)10-24-18-19-15-8-7-13(5)9-14(15)17(23)20(18)6/h7-9,11-12H,10H2,1-6H3. The summed E-state index contributed by atoms with van der Waals surface area (Å²) in [5.41, 5.74) is 1.62. The van der Waals surface area contributed by atoms with Gasteiger partial charge in [0.2, 0.25) is 5.91 Å². The van der Waals surface area contributed by atoms with Gasteiger partial charge in [0.25, 0.3) is 5.56 Å². The van der Waals surface area contributed by atoms with Gasteiger partial charge in [0.15, 0.2) is 5.16 Å². The lowest BCUT2D eigenvalue weighted by atomic mass is 10.2. The molecule has 0 aliphatic carbocycles. The van der Waals surface area contributed by atoms with Gasteiger partial charge in [-0.2, -0.15) is 0 Å². The van der Waals surface area contributed by atoms with Crippen LogP contribution in [0.4, 0.5) is 0 Å². The van der Waals surface area contributed by atoms with Crippen LogP contribution in [0.1, 0.15) is 33.3 Å². The Morgan fingerprint density at radius 3 is 2.46 bits per heavy atom. The molecule has 0 unspecified atom stereocenters. The minimum Gasteiger partial charge on any atom is -0.337 e. The summed E-state index contributed by atoms with van der Waals surface area (Å²) < 4.78 is 1.52. The number of aromatic nitrogens is 2. The molecule has 0 spiro atoms. The molecule has 0 aliphatic heterocycles. The molecule has 24 heavy (non-hydrogen) atoms. The predicted octanol–water partition coefficient (Wildman–Crippen LogP) is 2.98. The van der Waals surface area contributed by atoms with Gasteiger partial charge in [-0.25, -0.2) is 4.98 Å². The van der Waals surface area contributed by atoms with E-state index in [0.717, 1.165) is 5.56 Å². The monoisotopic (exact) mass is 347 g/mol. The van der Waals surface area contributed by atoms with Gasteiger partial charge in [-0.3, -0.25) is 14.2 Å².